The quantitative estimate of drug-likeness (QED) is 0.778. The summed E-state index contributed by atoms with van der Waals surface area (Å²) in [6.07, 6.45) is 0. The lowest BCUT2D eigenvalue weighted by Crippen LogP contribution is -2.03. The first-order valence-corrected chi connectivity index (χ1v) is 7.27. The second-order valence-electron chi connectivity index (χ2n) is 4.41. The summed E-state index contributed by atoms with van der Waals surface area (Å²) in [4.78, 5) is 9.36. The van der Waals surface area contributed by atoms with Crippen LogP contribution in [0.15, 0.2) is 35.0 Å². The number of aromatic nitrogens is 2. The number of fused-ring (bicyclic) bond motifs is 1. The van der Waals surface area contributed by atoms with Crippen molar-refractivity contribution in [1.82, 2.24) is 9.97 Å². The maximum absolute atomic E-state index is 4.68. The summed E-state index contributed by atoms with van der Waals surface area (Å²) in [6.45, 7) is 5.02. The fourth-order valence-corrected chi connectivity index (χ4v) is 2.80. The number of thiophene rings is 1. The van der Waals surface area contributed by atoms with Crippen LogP contribution in [0.25, 0.3) is 22.3 Å². The van der Waals surface area contributed by atoms with Crippen LogP contribution in [0.5, 0.6) is 0 Å². The average molecular weight is 269 g/mol. The molecule has 0 radical (unpaired) electrons. The van der Waals surface area contributed by atoms with Gasteiger partial charge in [0.25, 0.3) is 0 Å². The maximum Gasteiger partial charge on any atom is 0.162 e. The van der Waals surface area contributed by atoms with Crippen molar-refractivity contribution < 1.29 is 0 Å². The minimum atomic E-state index is 0.787. The number of nitrogens with zero attached hydrogens (tertiary/aromatic N) is 2. The largest absolute Gasteiger partial charge is 0.370 e. The van der Waals surface area contributed by atoms with Gasteiger partial charge in [0.15, 0.2) is 5.82 Å². The summed E-state index contributed by atoms with van der Waals surface area (Å²) in [6, 6.07) is 8.23. The van der Waals surface area contributed by atoms with Crippen LogP contribution in [-0.2, 0) is 0 Å². The molecule has 0 aliphatic carbocycles. The first kappa shape index (κ1) is 12.1. The number of rotatable bonds is 3. The molecule has 0 fully saturated rings. The highest BCUT2D eigenvalue weighted by atomic mass is 32.1. The summed E-state index contributed by atoms with van der Waals surface area (Å²) < 4.78 is 0. The molecule has 1 aromatic carbocycles. The van der Waals surface area contributed by atoms with Crippen LogP contribution in [0.2, 0.25) is 0 Å². The number of benzene rings is 1. The molecule has 0 saturated carbocycles. The third-order valence-corrected chi connectivity index (χ3v) is 3.74. The van der Waals surface area contributed by atoms with E-state index in [1.165, 1.54) is 5.56 Å². The van der Waals surface area contributed by atoms with Gasteiger partial charge in [-0.1, -0.05) is 12.1 Å². The van der Waals surface area contributed by atoms with E-state index in [2.05, 4.69) is 46.6 Å². The molecule has 0 atom stereocenters. The molecule has 0 saturated heterocycles. The van der Waals surface area contributed by atoms with E-state index < -0.39 is 0 Å². The smallest absolute Gasteiger partial charge is 0.162 e. The van der Waals surface area contributed by atoms with Gasteiger partial charge in [-0.2, -0.15) is 11.3 Å². The highest BCUT2D eigenvalue weighted by Gasteiger charge is 2.10. The Labute approximate surface area is 116 Å². The predicted molar refractivity (Wildman–Crippen MR) is 81.8 cm³/mol. The standard InChI is InChI=1S/C15H15N3S/c1-3-16-15-13-10(2)5-4-6-12(13)17-14(18-15)11-7-8-19-9-11/h4-9H,3H2,1-2H3,(H,16,17,18). The Morgan fingerprint density at radius 2 is 2.11 bits per heavy atom. The van der Waals surface area contributed by atoms with Gasteiger partial charge in [-0.3, -0.25) is 0 Å². The van der Waals surface area contributed by atoms with Gasteiger partial charge in [0.1, 0.15) is 5.82 Å². The molecule has 4 heteroatoms. The highest BCUT2D eigenvalue weighted by Crippen LogP contribution is 2.28. The molecule has 3 rings (SSSR count). The SMILES string of the molecule is CCNc1nc(-c2ccsc2)nc2cccc(C)c12. The molecule has 0 aliphatic rings. The Morgan fingerprint density at radius 1 is 1.21 bits per heavy atom. The van der Waals surface area contributed by atoms with Crippen molar-refractivity contribution in [2.45, 2.75) is 13.8 Å². The fourth-order valence-electron chi connectivity index (χ4n) is 2.17. The van der Waals surface area contributed by atoms with E-state index in [1.54, 1.807) is 11.3 Å². The maximum atomic E-state index is 4.68. The van der Waals surface area contributed by atoms with Crippen molar-refractivity contribution in [3.05, 3.63) is 40.6 Å². The molecular formula is C15H15N3S. The topological polar surface area (TPSA) is 37.8 Å². The Kier molecular flexibility index (Phi) is 3.17. The lowest BCUT2D eigenvalue weighted by Gasteiger charge is -2.10. The van der Waals surface area contributed by atoms with E-state index in [0.29, 0.717) is 0 Å². The van der Waals surface area contributed by atoms with Crippen LogP contribution in [0.4, 0.5) is 5.82 Å². The molecule has 1 N–H and O–H groups in total. The van der Waals surface area contributed by atoms with Gasteiger partial charge in [0.05, 0.1) is 5.52 Å². The van der Waals surface area contributed by atoms with Gasteiger partial charge in [-0.05, 0) is 36.9 Å². The molecule has 3 nitrogen and oxygen atoms in total. The molecule has 0 amide bonds. The zero-order valence-corrected chi connectivity index (χ0v) is 11.8. The van der Waals surface area contributed by atoms with Crippen LogP contribution in [0.3, 0.4) is 0 Å². The first-order valence-electron chi connectivity index (χ1n) is 6.33. The van der Waals surface area contributed by atoms with Gasteiger partial charge in [0.2, 0.25) is 0 Å². The number of anilines is 1. The normalized spacial score (nSPS) is 10.8. The minimum Gasteiger partial charge on any atom is -0.370 e. The molecule has 96 valence electrons. The zero-order valence-electron chi connectivity index (χ0n) is 11.0. The van der Waals surface area contributed by atoms with Gasteiger partial charge < -0.3 is 5.32 Å². The van der Waals surface area contributed by atoms with Crippen LogP contribution >= 0.6 is 11.3 Å². The third-order valence-electron chi connectivity index (χ3n) is 3.06. The van der Waals surface area contributed by atoms with Crippen LogP contribution in [0, 0.1) is 6.92 Å². The van der Waals surface area contributed by atoms with Crippen molar-refractivity contribution in [3.63, 3.8) is 0 Å². The van der Waals surface area contributed by atoms with Crippen LogP contribution < -0.4 is 5.32 Å². The predicted octanol–water partition coefficient (Wildman–Crippen LogP) is 4.10. The van der Waals surface area contributed by atoms with E-state index in [9.17, 15) is 0 Å². The third kappa shape index (κ3) is 2.19. The second-order valence-corrected chi connectivity index (χ2v) is 5.19. The number of aryl methyl sites for hydroxylation is 1. The number of hydrogen-bond acceptors (Lipinski definition) is 4. The minimum absolute atomic E-state index is 0.787. The van der Waals surface area contributed by atoms with Crippen LogP contribution in [-0.4, -0.2) is 16.5 Å². The van der Waals surface area contributed by atoms with Crippen molar-refractivity contribution in [2.24, 2.45) is 0 Å². The van der Waals surface area contributed by atoms with Crippen molar-refractivity contribution in [3.8, 4) is 11.4 Å². The highest BCUT2D eigenvalue weighted by molar-refractivity contribution is 7.08. The van der Waals surface area contributed by atoms with E-state index in [1.807, 2.05) is 17.5 Å². The second kappa shape index (κ2) is 4.97. The summed E-state index contributed by atoms with van der Waals surface area (Å²) in [7, 11) is 0. The fraction of sp³-hybridized carbons (Fsp3) is 0.200. The van der Waals surface area contributed by atoms with Gasteiger partial charge in [0, 0.05) is 22.9 Å². The van der Waals surface area contributed by atoms with E-state index in [0.717, 1.165) is 34.7 Å². The summed E-state index contributed by atoms with van der Waals surface area (Å²) in [5.74, 6) is 1.71. The lowest BCUT2D eigenvalue weighted by molar-refractivity contribution is 1.14. The Hall–Kier alpha value is -1.94. The van der Waals surface area contributed by atoms with Crippen LogP contribution in [0.1, 0.15) is 12.5 Å². The average Bonchev–Trinajstić information content (AvgIpc) is 2.92. The molecule has 3 aromatic rings. The van der Waals surface area contributed by atoms with E-state index in [-0.39, 0.29) is 0 Å². The molecule has 19 heavy (non-hydrogen) atoms. The Balaban J connectivity index is 2.28. The lowest BCUT2D eigenvalue weighted by atomic mass is 10.1. The molecule has 2 aromatic heterocycles. The van der Waals surface area contributed by atoms with Crippen molar-refractivity contribution >= 4 is 28.1 Å². The molecule has 0 bridgehead atoms. The van der Waals surface area contributed by atoms with E-state index >= 15 is 0 Å². The molecule has 0 aliphatic heterocycles. The monoisotopic (exact) mass is 269 g/mol. The molecule has 0 spiro atoms. The molecule has 2 heterocycles. The summed E-state index contributed by atoms with van der Waals surface area (Å²) >= 11 is 1.66. The van der Waals surface area contributed by atoms with Gasteiger partial charge in [-0.25, -0.2) is 9.97 Å². The zero-order chi connectivity index (χ0) is 13.2. The van der Waals surface area contributed by atoms with E-state index in [4.69, 9.17) is 0 Å². The Morgan fingerprint density at radius 3 is 2.84 bits per heavy atom. The Bertz CT molecular complexity index is 705. The summed E-state index contributed by atoms with van der Waals surface area (Å²) in [5, 5.41) is 8.58. The van der Waals surface area contributed by atoms with Gasteiger partial charge >= 0.3 is 0 Å². The number of hydrogen-bond donors (Lipinski definition) is 1. The van der Waals surface area contributed by atoms with Gasteiger partial charge in [-0.15, -0.1) is 0 Å². The number of nitrogens with one attached hydrogen (secondary N) is 1. The summed E-state index contributed by atoms with van der Waals surface area (Å²) in [5.41, 5.74) is 3.27. The van der Waals surface area contributed by atoms with Crippen molar-refractivity contribution in [1.29, 1.82) is 0 Å². The first-order chi connectivity index (χ1) is 9.29. The van der Waals surface area contributed by atoms with Crippen molar-refractivity contribution in [2.75, 3.05) is 11.9 Å². The molecule has 0 unspecified atom stereocenters. The molecular weight excluding hydrogens is 254 g/mol.